The van der Waals surface area contributed by atoms with Crippen LogP contribution in [0.1, 0.15) is 90.1 Å². The summed E-state index contributed by atoms with van der Waals surface area (Å²) in [6.07, 6.45) is 9.11. The molecular formula is C28H33N3O3. The molecule has 1 amide bonds. The summed E-state index contributed by atoms with van der Waals surface area (Å²) in [7, 11) is 0. The highest BCUT2D eigenvalue weighted by molar-refractivity contribution is 6.32. The molecule has 178 valence electrons. The number of hydrogen-bond acceptors (Lipinski definition) is 5. The van der Waals surface area contributed by atoms with E-state index in [9.17, 15) is 14.4 Å². The molecule has 2 aromatic rings. The summed E-state index contributed by atoms with van der Waals surface area (Å²) in [6.45, 7) is 5.06. The van der Waals surface area contributed by atoms with Crippen molar-refractivity contribution in [3.05, 3.63) is 52.6 Å². The summed E-state index contributed by atoms with van der Waals surface area (Å²) in [5.74, 6) is -0.562. The average Bonchev–Trinajstić information content (AvgIpc) is 3.27. The molecule has 3 aliphatic rings. The van der Waals surface area contributed by atoms with E-state index in [1.807, 2.05) is 6.07 Å². The predicted molar refractivity (Wildman–Crippen MR) is 135 cm³/mol. The van der Waals surface area contributed by atoms with Crippen molar-refractivity contribution >= 4 is 34.5 Å². The van der Waals surface area contributed by atoms with Gasteiger partial charge in [0, 0.05) is 49.8 Å². The lowest BCUT2D eigenvalue weighted by Crippen LogP contribution is -2.33. The van der Waals surface area contributed by atoms with Crippen molar-refractivity contribution in [3.8, 4) is 0 Å². The number of nitrogens with one attached hydrogen (secondary N) is 1. The number of benzene rings is 2. The quantitative estimate of drug-likeness (QED) is 0.584. The molecule has 0 radical (unpaired) electrons. The SMILES string of the molecule is CC(=O)Nc1c2c(cc(N3CCCCCC3)c1N1CCCCCC1)C(=O)c1ccccc1C2=O. The Kier molecular flexibility index (Phi) is 6.40. The summed E-state index contributed by atoms with van der Waals surface area (Å²) < 4.78 is 0. The first-order valence-electron chi connectivity index (χ1n) is 12.7. The molecule has 2 saturated heterocycles. The van der Waals surface area contributed by atoms with Gasteiger partial charge in [0.15, 0.2) is 11.6 Å². The van der Waals surface area contributed by atoms with E-state index in [0.29, 0.717) is 27.9 Å². The molecule has 6 nitrogen and oxygen atoms in total. The minimum atomic E-state index is -0.231. The lowest BCUT2D eigenvalue weighted by molar-refractivity contribution is -0.114. The summed E-state index contributed by atoms with van der Waals surface area (Å²) >= 11 is 0. The summed E-state index contributed by atoms with van der Waals surface area (Å²) in [5.41, 5.74) is 4.01. The monoisotopic (exact) mass is 459 g/mol. The zero-order chi connectivity index (χ0) is 23.7. The first-order chi connectivity index (χ1) is 16.6. The molecule has 1 N–H and O–H groups in total. The summed E-state index contributed by atoms with van der Waals surface area (Å²) in [5, 5.41) is 3.02. The summed E-state index contributed by atoms with van der Waals surface area (Å²) in [4.78, 5) is 44.6. The molecule has 1 aliphatic carbocycles. The van der Waals surface area contributed by atoms with E-state index in [-0.39, 0.29) is 17.5 Å². The second-order valence-corrected chi connectivity index (χ2v) is 9.73. The van der Waals surface area contributed by atoms with E-state index in [2.05, 4.69) is 15.1 Å². The van der Waals surface area contributed by atoms with E-state index in [1.165, 1.54) is 32.6 Å². The molecular weight excluding hydrogens is 426 g/mol. The Labute approximate surface area is 201 Å². The van der Waals surface area contributed by atoms with Crippen LogP contribution < -0.4 is 15.1 Å². The van der Waals surface area contributed by atoms with Crippen LogP contribution >= 0.6 is 0 Å². The van der Waals surface area contributed by atoms with Crippen molar-refractivity contribution in [2.24, 2.45) is 0 Å². The van der Waals surface area contributed by atoms with Crippen molar-refractivity contribution in [2.75, 3.05) is 41.3 Å². The van der Waals surface area contributed by atoms with Gasteiger partial charge in [-0.1, -0.05) is 49.9 Å². The fourth-order valence-corrected chi connectivity index (χ4v) is 5.70. The number of rotatable bonds is 3. The van der Waals surface area contributed by atoms with Crippen LogP contribution in [0, 0.1) is 0 Å². The fraction of sp³-hybridized carbons (Fsp3) is 0.464. The van der Waals surface area contributed by atoms with Gasteiger partial charge in [-0.2, -0.15) is 0 Å². The van der Waals surface area contributed by atoms with E-state index in [0.717, 1.165) is 63.2 Å². The number of carbonyl (C=O) groups is 3. The molecule has 0 unspecified atom stereocenters. The van der Waals surface area contributed by atoms with Gasteiger partial charge in [0.25, 0.3) is 0 Å². The van der Waals surface area contributed by atoms with Crippen LogP contribution in [0.5, 0.6) is 0 Å². The smallest absolute Gasteiger partial charge is 0.221 e. The predicted octanol–water partition coefficient (Wildman–Crippen LogP) is 5.18. The van der Waals surface area contributed by atoms with Crippen molar-refractivity contribution in [3.63, 3.8) is 0 Å². The Balaban J connectivity index is 1.77. The highest BCUT2D eigenvalue weighted by Crippen LogP contribution is 2.46. The normalized spacial score (nSPS) is 18.6. The number of ketones is 2. The Bertz CT molecular complexity index is 1120. The van der Waals surface area contributed by atoms with Gasteiger partial charge in [-0.05, 0) is 31.7 Å². The van der Waals surface area contributed by atoms with Crippen molar-refractivity contribution in [1.29, 1.82) is 0 Å². The third-order valence-electron chi connectivity index (χ3n) is 7.34. The number of hydrogen-bond donors (Lipinski definition) is 1. The lowest BCUT2D eigenvalue weighted by Gasteiger charge is -2.35. The molecule has 6 heteroatoms. The number of carbonyl (C=O) groups excluding carboxylic acids is 3. The zero-order valence-electron chi connectivity index (χ0n) is 20.0. The molecule has 0 saturated carbocycles. The van der Waals surface area contributed by atoms with E-state index in [4.69, 9.17) is 0 Å². The maximum atomic E-state index is 13.8. The first-order valence-corrected chi connectivity index (χ1v) is 12.7. The minimum absolute atomic E-state index is 0.143. The maximum absolute atomic E-state index is 13.8. The standard InChI is InChI=1S/C28H33N3O3/c1-19(32)29-25-24-22(27(33)20-12-6-7-13-21(20)28(24)34)18-23(30-14-8-2-3-9-15-30)26(25)31-16-10-4-5-11-17-31/h6-7,12-13,18H,2-5,8-11,14-17H2,1H3,(H,29,32). The highest BCUT2D eigenvalue weighted by Gasteiger charge is 2.36. The van der Waals surface area contributed by atoms with Crippen LogP contribution in [0.2, 0.25) is 0 Å². The van der Waals surface area contributed by atoms with Crippen LogP contribution in [-0.2, 0) is 4.79 Å². The Morgan fingerprint density at radius 3 is 1.82 bits per heavy atom. The van der Waals surface area contributed by atoms with Crippen molar-refractivity contribution in [1.82, 2.24) is 0 Å². The number of anilines is 3. The van der Waals surface area contributed by atoms with Crippen LogP contribution in [0.4, 0.5) is 17.1 Å². The minimum Gasteiger partial charge on any atom is -0.370 e. The second-order valence-electron chi connectivity index (χ2n) is 9.73. The molecule has 34 heavy (non-hydrogen) atoms. The largest absolute Gasteiger partial charge is 0.370 e. The highest BCUT2D eigenvalue weighted by atomic mass is 16.2. The third-order valence-corrected chi connectivity index (χ3v) is 7.34. The molecule has 0 bridgehead atoms. The molecule has 2 aromatic carbocycles. The number of amides is 1. The van der Waals surface area contributed by atoms with Gasteiger partial charge in [0.1, 0.15) is 0 Å². The number of fused-ring (bicyclic) bond motifs is 2. The van der Waals surface area contributed by atoms with E-state index >= 15 is 0 Å². The van der Waals surface area contributed by atoms with Gasteiger partial charge in [0.05, 0.1) is 22.6 Å². The molecule has 2 fully saturated rings. The molecule has 2 aliphatic heterocycles. The van der Waals surface area contributed by atoms with Gasteiger partial charge in [0.2, 0.25) is 5.91 Å². The average molecular weight is 460 g/mol. The maximum Gasteiger partial charge on any atom is 0.221 e. The van der Waals surface area contributed by atoms with Crippen molar-refractivity contribution in [2.45, 2.75) is 58.3 Å². The van der Waals surface area contributed by atoms with E-state index in [1.54, 1.807) is 24.3 Å². The number of nitrogens with zero attached hydrogens (tertiary/aromatic N) is 2. The second kappa shape index (κ2) is 9.61. The van der Waals surface area contributed by atoms with E-state index < -0.39 is 0 Å². The Morgan fingerprint density at radius 2 is 1.26 bits per heavy atom. The summed E-state index contributed by atoms with van der Waals surface area (Å²) in [6, 6.07) is 8.97. The third kappa shape index (κ3) is 4.10. The topological polar surface area (TPSA) is 69.7 Å². The van der Waals surface area contributed by atoms with Gasteiger partial charge in [-0.3, -0.25) is 14.4 Å². The van der Waals surface area contributed by atoms with Gasteiger partial charge >= 0.3 is 0 Å². The van der Waals surface area contributed by atoms with Gasteiger partial charge in [-0.15, -0.1) is 0 Å². The molecule has 0 atom stereocenters. The Morgan fingerprint density at radius 1 is 0.735 bits per heavy atom. The zero-order valence-corrected chi connectivity index (χ0v) is 20.0. The fourth-order valence-electron chi connectivity index (χ4n) is 5.70. The van der Waals surface area contributed by atoms with Crippen LogP contribution in [-0.4, -0.2) is 43.7 Å². The van der Waals surface area contributed by atoms with Crippen molar-refractivity contribution < 1.29 is 14.4 Å². The Hall–Kier alpha value is -3.15. The van der Waals surface area contributed by atoms with Gasteiger partial charge in [-0.25, -0.2) is 0 Å². The molecule has 2 heterocycles. The van der Waals surface area contributed by atoms with Crippen LogP contribution in [0.15, 0.2) is 30.3 Å². The van der Waals surface area contributed by atoms with Crippen LogP contribution in [0.25, 0.3) is 0 Å². The molecule has 5 rings (SSSR count). The first kappa shape index (κ1) is 22.6. The molecule has 0 spiro atoms. The molecule has 0 aromatic heterocycles. The lowest BCUT2D eigenvalue weighted by atomic mass is 9.82. The van der Waals surface area contributed by atoms with Gasteiger partial charge < -0.3 is 15.1 Å². The van der Waals surface area contributed by atoms with Crippen LogP contribution in [0.3, 0.4) is 0 Å².